The van der Waals surface area contributed by atoms with Gasteiger partial charge in [0.05, 0.1) is 4.90 Å². The van der Waals surface area contributed by atoms with Crippen LogP contribution < -0.4 is 10.2 Å². The molecule has 3 heterocycles. The molecule has 0 radical (unpaired) electrons. The van der Waals surface area contributed by atoms with E-state index in [2.05, 4.69) is 10.2 Å². The number of benzene rings is 1. The fraction of sp³-hybridized carbons (Fsp3) is 0.667. The van der Waals surface area contributed by atoms with Crippen molar-refractivity contribution >= 4 is 27.5 Å². The molecule has 0 aromatic heterocycles. The van der Waals surface area contributed by atoms with Gasteiger partial charge in [-0.3, -0.25) is 14.5 Å². The number of fused-ring (bicyclic) bond motifs is 1. The summed E-state index contributed by atoms with van der Waals surface area (Å²) in [7, 11) is -3.54. The van der Waals surface area contributed by atoms with Gasteiger partial charge in [-0.2, -0.15) is 4.31 Å². The van der Waals surface area contributed by atoms with Crippen LogP contribution in [0.4, 0.5) is 5.69 Å². The van der Waals surface area contributed by atoms with Crippen molar-refractivity contribution in [3.63, 3.8) is 0 Å². The van der Waals surface area contributed by atoms with Gasteiger partial charge in [-0.15, -0.1) is 0 Å². The van der Waals surface area contributed by atoms with Gasteiger partial charge >= 0.3 is 0 Å². The number of nitrogens with zero attached hydrogens (tertiary/aromatic N) is 3. The molecule has 1 atom stereocenters. The molecule has 2 fully saturated rings. The van der Waals surface area contributed by atoms with Crippen LogP contribution in [-0.2, 0) is 26.0 Å². The van der Waals surface area contributed by atoms with Gasteiger partial charge in [0.2, 0.25) is 21.8 Å². The summed E-state index contributed by atoms with van der Waals surface area (Å²) in [6.07, 6.45) is 8.06. The van der Waals surface area contributed by atoms with Crippen molar-refractivity contribution in [2.75, 3.05) is 44.2 Å². The highest BCUT2D eigenvalue weighted by atomic mass is 32.2. The molecule has 3 aliphatic heterocycles. The maximum Gasteiger partial charge on any atom is 0.243 e. The molecule has 8 nitrogen and oxygen atoms in total. The van der Waals surface area contributed by atoms with E-state index in [9.17, 15) is 18.0 Å². The average Bonchev–Trinajstić information content (AvgIpc) is 3.39. The van der Waals surface area contributed by atoms with Crippen LogP contribution in [0.15, 0.2) is 23.1 Å². The maximum absolute atomic E-state index is 13.0. The fourth-order valence-electron chi connectivity index (χ4n) is 5.26. The molecule has 1 N–H and O–H groups in total. The van der Waals surface area contributed by atoms with Crippen LogP contribution in [0, 0.1) is 0 Å². The van der Waals surface area contributed by atoms with E-state index < -0.39 is 16.1 Å². The van der Waals surface area contributed by atoms with Gasteiger partial charge < -0.3 is 10.2 Å². The van der Waals surface area contributed by atoms with E-state index in [0.29, 0.717) is 31.7 Å². The summed E-state index contributed by atoms with van der Waals surface area (Å²) in [5, 5.41) is 3.00. The molecule has 2 saturated heterocycles. The number of anilines is 1. The van der Waals surface area contributed by atoms with Crippen molar-refractivity contribution in [2.45, 2.75) is 69.2 Å². The number of hydrogen-bond donors (Lipinski definition) is 1. The quantitative estimate of drug-likeness (QED) is 0.609. The van der Waals surface area contributed by atoms with E-state index in [0.717, 1.165) is 44.5 Å². The SMILES string of the molecule is CC(=O)N1c2ccc(S(=O)(=O)N3CCCC3)cc2CC1C(=O)NCCCN1CCCCCC1. The lowest BCUT2D eigenvalue weighted by atomic mass is 10.1. The molecule has 182 valence electrons. The van der Waals surface area contributed by atoms with E-state index in [4.69, 9.17) is 0 Å². The number of amides is 2. The smallest absolute Gasteiger partial charge is 0.243 e. The van der Waals surface area contributed by atoms with Crippen LogP contribution in [0.1, 0.15) is 57.4 Å². The average molecular weight is 477 g/mol. The Labute approximate surface area is 197 Å². The van der Waals surface area contributed by atoms with E-state index in [1.807, 2.05) is 0 Å². The standard InChI is InChI=1S/C24H36N4O4S/c1-19(29)28-22-10-9-21(33(31,32)27-15-6-7-16-27)17-20(22)18-23(28)24(30)25-11-8-14-26-12-4-2-3-5-13-26/h9-10,17,23H,2-8,11-16,18H2,1H3,(H,25,30). The minimum atomic E-state index is -3.54. The van der Waals surface area contributed by atoms with Crippen LogP contribution in [0.3, 0.4) is 0 Å². The molecule has 3 aliphatic rings. The molecule has 1 aromatic carbocycles. The Kier molecular flexibility index (Phi) is 7.71. The van der Waals surface area contributed by atoms with Crippen molar-refractivity contribution in [3.8, 4) is 0 Å². The van der Waals surface area contributed by atoms with E-state index in [1.165, 1.54) is 41.8 Å². The fourth-order valence-corrected chi connectivity index (χ4v) is 6.83. The van der Waals surface area contributed by atoms with Gasteiger partial charge in [0.1, 0.15) is 6.04 Å². The lowest BCUT2D eigenvalue weighted by Gasteiger charge is -2.24. The number of sulfonamides is 1. The zero-order valence-corrected chi connectivity index (χ0v) is 20.4. The summed E-state index contributed by atoms with van der Waals surface area (Å²) in [5.74, 6) is -0.394. The number of hydrogen-bond acceptors (Lipinski definition) is 5. The maximum atomic E-state index is 13.0. The number of carbonyl (C=O) groups excluding carboxylic acids is 2. The molecular formula is C24H36N4O4S. The predicted octanol–water partition coefficient (Wildman–Crippen LogP) is 2.13. The Morgan fingerprint density at radius 1 is 1.00 bits per heavy atom. The molecule has 1 unspecified atom stereocenters. The first-order chi connectivity index (χ1) is 15.9. The zero-order chi connectivity index (χ0) is 23.4. The summed E-state index contributed by atoms with van der Waals surface area (Å²) >= 11 is 0. The summed E-state index contributed by atoms with van der Waals surface area (Å²) in [6.45, 7) is 6.34. The second-order valence-electron chi connectivity index (χ2n) is 9.41. The number of rotatable bonds is 7. The van der Waals surface area contributed by atoms with Crippen LogP contribution in [0.2, 0.25) is 0 Å². The van der Waals surface area contributed by atoms with Gasteiger partial charge in [-0.25, -0.2) is 8.42 Å². The number of likely N-dealkylation sites (tertiary alicyclic amines) is 1. The van der Waals surface area contributed by atoms with Crippen molar-refractivity contribution in [1.29, 1.82) is 0 Å². The van der Waals surface area contributed by atoms with Gasteiger partial charge in [-0.1, -0.05) is 12.8 Å². The predicted molar refractivity (Wildman–Crippen MR) is 128 cm³/mol. The highest BCUT2D eigenvalue weighted by molar-refractivity contribution is 7.89. The molecular weight excluding hydrogens is 440 g/mol. The first-order valence-corrected chi connectivity index (χ1v) is 13.7. The van der Waals surface area contributed by atoms with E-state index in [-0.39, 0.29) is 16.7 Å². The Morgan fingerprint density at radius 3 is 2.33 bits per heavy atom. The second kappa shape index (κ2) is 10.5. The first-order valence-electron chi connectivity index (χ1n) is 12.3. The molecule has 2 amide bonds. The lowest BCUT2D eigenvalue weighted by molar-refractivity contribution is -0.125. The Bertz CT molecular complexity index is 967. The Morgan fingerprint density at radius 2 is 1.67 bits per heavy atom. The summed E-state index contributed by atoms with van der Waals surface area (Å²) < 4.78 is 27.4. The molecule has 1 aromatic rings. The zero-order valence-electron chi connectivity index (χ0n) is 19.6. The van der Waals surface area contributed by atoms with Crippen LogP contribution in [-0.4, -0.2) is 74.7 Å². The third-order valence-electron chi connectivity index (χ3n) is 7.03. The van der Waals surface area contributed by atoms with Crippen molar-refractivity contribution in [3.05, 3.63) is 23.8 Å². The Balaban J connectivity index is 1.39. The number of carbonyl (C=O) groups is 2. The van der Waals surface area contributed by atoms with Gasteiger partial charge in [0, 0.05) is 38.7 Å². The van der Waals surface area contributed by atoms with Crippen molar-refractivity contribution in [2.24, 2.45) is 0 Å². The molecule has 0 saturated carbocycles. The van der Waals surface area contributed by atoms with Crippen molar-refractivity contribution < 1.29 is 18.0 Å². The summed E-state index contributed by atoms with van der Waals surface area (Å²) in [6, 6.07) is 4.24. The van der Waals surface area contributed by atoms with Gasteiger partial charge in [0.25, 0.3) is 0 Å². The number of nitrogens with one attached hydrogen (secondary N) is 1. The summed E-state index contributed by atoms with van der Waals surface area (Å²) in [5.41, 5.74) is 1.36. The minimum absolute atomic E-state index is 0.179. The summed E-state index contributed by atoms with van der Waals surface area (Å²) in [4.78, 5) is 29.6. The molecule has 0 aliphatic carbocycles. The minimum Gasteiger partial charge on any atom is -0.354 e. The molecule has 0 bridgehead atoms. The second-order valence-corrected chi connectivity index (χ2v) is 11.3. The molecule has 9 heteroatoms. The highest BCUT2D eigenvalue weighted by Gasteiger charge is 2.38. The molecule has 33 heavy (non-hydrogen) atoms. The third kappa shape index (κ3) is 5.41. The van der Waals surface area contributed by atoms with Crippen molar-refractivity contribution in [1.82, 2.24) is 14.5 Å². The molecule has 0 spiro atoms. The van der Waals surface area contributed by atoms with Crippen LogP contribution in [0.25, 0.3) is 0 Å². The first kappa shape index (κ1) is 24.2. The van der Waals surface area contributed by atoms with E-state index in [1.54, 1.807) is 18.2 Å². The van der Waals surface area contributed by atoms with Gasteiger partial charge in [-0.05, 0) is 75.5 Å². The van der Waals surface area contributed by atoms with Gasteiger partial charge in [0.15, 0.2) is 0 Å². The molecule has 4 rings (SSSR count). The van der Waals surface area contributed by atoms with Crippen LogP contribution in [0.5, 0.6) is 0 Å². The van der Waals surface area contributed by atoms with E-state index >= 15 is 0 Å². The third-order valence-corrected chi connectivity index (χ3v) is 8.92. The Hall–Kier alpha value is -1.97. The monoisotopic (exact) mass is 476 g/mol. The largest absolute Gasteiger partial charge is 0.354 e. The lowest BCUT2D eigenvalue weighted by Crippen LogP contribution is -2.47. The van der Waals surface area contributed by atoms with Crippen LogP contribution >= 0.6 is 0 Å². The highest BCUT2D eigenvalue weighted by Crippen LogP contribution is 2.35. The topological polar surface area (TPSA) is 90.0 Å². The normalized spacial score (nSPS) is 22.2.